The molecule has 0 radical (unpaired) electrons. The molecule has 1 aromatic carbocycles. The molecule has 112 valence electrons. The Kier molecular flexibility index (Phi) is 5.21. The van der Waals surface area contributed by atoms with Crippen LogP contribution in [0.25, 0.3) is 0 Å². The second-order valence-electron chi connectivity index (χ2n) is 4.56. The van der Waals surface area contributed by atoms with Crippen LogP contribution in [0.3, 0.4) is 0 Å². The molecule has 2 N–H and O–H groups in total. The van der Waals surface area contributed by atoms with Crippen molar-refractivity contribution in [3.63, 3.8) is 0 Å². The first-order valence-electron chi connectivity index (χ1n) is 6.70. The Labute approximate surface area is 129 Å². The molecule has 2 rings (SSSR count). The van der Waals surface area contributed by atoms with Gasteiger partial charge < -0.3 is 15.5 Å². The molecule has 0 saturated carbocycles. The highest BCUT2D eigenvalue weighted by molar-refractivity contribution is 7.98. The Morgan fingerprint density at radius 3 is 2.29 bits per heavy atom. The van der Waals surface area contributed by atoms with Crippen molar-refractivity contribution in [1.29, 1.82) is 0 Å². The molecule has 2 aromatic rings. The fourth-order valence-corrected chi connectivity index (χ4v) is 2.07. The Morgan fingerprint density at radius 1 is 1.05 bits per heavy atom. The molecule has 0 bridgehead atoms. The molecule has 0 saturated heterocycles. The molecule has 0 fully saturated rings. The van der Waals surface area contributed by atoms with Crippen LogP contribution in [0.4, 0.5) is 23.5 Å². The predicted octanol–water partition coefficient (Wildman–Crippen LogP) is 2.83. The zero-order valence-corrected chi connectivity index (χ0v) is 13.5. The number of aromatic nitrogens is 3. The maximum atomic E-state index is 4.40. The summed E-state index contributed by atoms with van der Waals surface area (Å²) in [6.45, 7) is 2.77. The standard InChI is InChI=1S/C14H20N6S/c1-5-15-12-17-13(19-14(18-12)20(2)3)16-10-6-8-11(21-4)9-7-10/h6-9H,5H2,1-4H3,(H2,15,16,17,18,19). The van der Waals surface area contributed by atoms with Gasteiger partial charge in [-0.3, -0.25) is 0 Å². The van der Waals surface area contributed by atoms with E-state index in [-0.39, 0.29) is 0 Å². The van der Waals surface area contributed by atoms with Gasteiger partial charge in [-0.1, -0.05) is 0 Å². The summed E-state index contributed by atoms with van der Waals surface area (Å²) in [5.41, 5.74) is 0.950. The van der Waals surface area contributed by atoms with E-state index in [1.807, 2.05) is 38.1 Å². The summed E-state index contributed by atoms with van der Waals surface area (Å²) in [6.07, 6.45) is 2.06. The van der Waals surface area contributed by atoms with E-state index in [0.717, 1.165) is 12.2 Å². The van der Waals surface area contributed by atoms with Gasteiger partial charge in [-0.25, -0.2) is 0 Å². The van der Waals surface area contributed by atoms with Crippen molar-refractivity contribution in [1.82, 2.24) is 15.0 Å². The van der Waals surface area contributed by atoms with Gasteiger partial charge in [0.1, 0.15) is 0 Å². The second kappa shape index (κ2) is 7.12. The van der Waals surface area contributed by atoms with Crippen LogP contribution < -0.4 is 15.5 Å². The smallest absolute Gasteiger partial charge is 0.233 e. The van der Waals surface area contributed by atoms with Crippen LogP contribution in [0.5, 0.6) is 0 Å². The van der Waals surface area contributed by atoms with Gasteiger partial charge in [0, 0.05) is 31.2 Å². The van der Waals surface area contributed by atoms with Crippen molar-refractivity contribution in [2.45, 2.75) is 11.8 Å². The maximum Gasteiger partial charge on any atom is 0.233 e. The quantitative estimate of drug-likeness (QED) is 0.795. The zero-order chi connectivity index (χ0) is 15.2. The molecule has 7 heteroatoms. The molecule has 0 atom stereocenters. The van der Waals surface area contributed by atoms with Gasteiger partial charge in [-0.15, -0.1) is 11.8 Å². The average molecular weight is 304 g/mol. The van der Waals surface area contributed by atoms with E-state index in [4.69, 9.17) is 0 Å². The fourth-order valence-electron chi connectivity index (χ4n) is 1.66. The normalized spacial score (nSPS) is 10.3. The van der Waals surface area contributed by atoms with Crippen molar-refractivity contribution in [2.75, 3.05) is 42.4 Å². The topological polar surface area (TPSA) is 66.0 Å². The third kappa shape index (κ3) is 4.22. The van der Waals surface area contributed by atoms with Crippen LogP contribution in [0, 0.1) is 0 Å². The van der Waals surface area contributed by atoms with E-state index in [2.05, 4.69) is 44.0 Å². The molecule has 0 aliphatic carbocycles. The molecule has 0 amide bonds. The molecular weight excluding hydrogens is 284 g/mol. The first-order chi connectivity index (χ1) is 10.1. The van der Waals surface area contributed by atoms with Gasteiger partial charge in [0.2, 0.25) is 17.8 Å². The second-order valence-corrected chi connectivity index (χ2v) is 5.44. The summed E-state index contributed by atoms with van der Waals surface area (Å²) in [5, 5.41) is 6.33. The third-order valence-electron chi connectivity index (χ3n) is 2.70. The highest BCUT2D eigenvalue weighted by Crippen LogP contribution is 2.20. The first kappa shape index (κ1) is 15.4. The molecule has 21 heavy (non-hydrogen) atoms. The molecular formula is C14H20N6S. The van der Waals surface area contributed by atoms with Crippen molar-refractivity contribution in [3.05, 3.63) is 24.3 Å². The molecule has 1 heterocycles. The zero-order valence-electron chi connectivity index (χ0n) is 12.7. The number of benzene rings is 1. The molecule has 0 aliphatic heterocycles. The van der Waals surface area contributed by atoms with Gasteiger partial charge in [0.25, 0.3) is 0 Å². The SMILES string of the molecule is CCNc1nc(Nc2ccc(SC)cc2)nc(N(C)C)n1. The molecule has 1 aromatic heterocycles. The van der Waals surface area contributed by atoms with Gasteiger partial charge in [0.15, 0.2) is 0 Å². The van der Waals surface area contributed by atoms with Gasteiger partial charge in [-0.05, 0) is 37.4 Å². The van der Waals surface area contributed by atoms with Crippen molar-refractivity contribution in [2.24, 2.45) is 0 Å². The number of hydrogen-bond acceptors (Lipinski definition) is 7. The summed E-state index contributed by atoms with van der Waals surface area (Å²) in [6, 6.07) is 8.15. The lowest BCUT2D eigenvalue weighted by Gasteiger charge is -2.13. The molecule has 0 aliphatic rings. The van der Waals surface area contributed by atoms with Crippen LogP contribution in [0.1, 0.15) is 6.92 Å². The van der Waals surface area contributed by atoms with Gasteiger partial charge >= 0.3 is 0 Å². The van der Waals surface area contributed by atoms with Crippen LogP contribution in [-0.2, 0) is 0 Å². The van der Waals surface area contributed by atoms with E-state index in [1.54, 1.807) is 11.8 Å². The van der Waals surface area contributed by atoms with Gasteiger partial charge in [-0.2, -0.15) is 15.0 Å². The lowest BCUT2D eigenvalue weighted by Crippen LogP contribution is -2.16. The minimum absolute atomic E-state index is 0.529. The van der Waals surface area contributed by atoms with Crippen LogP contribution in [0.15, 0.2) is 29.2 Å². The fraction of sp³-hybridized carbons (Fsp3) is 0.357. The number of anilines is 4. The molecule has 0 unspecified atom stereocenters. The molecule has 0 spiro atoms. The number of hydrogen-bond donors (Lipinski definition) is 2. The Balaban J connectivity index is 2.24. The van der Waals surface area contributed by atoms with Crippen LogP contribution in [-0.4, -0.2) is 41.8 Å². The van der Waals surface area contributed by atoms with E-state index in [1.165, 1.54) is 4.90 Å². The predicted molar refractivity (Wildman–Crippen MR) is 89.8 cm³/mol. The van der Waals surface area contributed by atoms with Crippen LogP contribution >= 0.6 is 11.8 Å². The number of nitrogens with one attached hydrogen (secondary N) is 2. The van der Waals surface area contributed by atoms with E-state index in [0.29, 0.717) is 17.8 Å². The highest BCUT2D eigenvalue weighted by atomic mass is 32.2. The summed E-state index contributed by atoms with van der Waals surface area (Å²) < 4.78 is 0. The lowest BCUT2D eigenvalue weighted by molar-refractivity contribution is 0.953. The van der Waals surface area contributed by atoms with Gasteiger partial charge in [0.05, 0.1) is 0 Å². The third-order valence-corrected chi connectivity index (χ3v) is 3.45. The van der Waals surface area contributed by atoms with Crippen molar-refractivity contribution in [3.8, 4) is 0 Å². The highest BCUT2D eigenvalue weighted by Gasteiger charge is 2.08. The largest absolute Gasteiger partial charge is 0.354 e. The first-order valence-corrected chi connectivity index (χ1v) is 7.93. The molecule has 6 nitrogen and oxygen atoms in total. The minimum Gasteiger partial charge on any atom is -0.354 e. The number of thioether (sulfide) groups is 1. The Bertz CT molecular complexity index is 585. The Hall–Kier alpha value is -2.02. The minimum atomic E-state index is 0.529. The van der Waals surface area contributed by atoms with E-state index >= 15 is 0 Å². The van der Waals surface area contributed by atoms with E-state index in [9.17, 15) is 0 Å². The van der Waals surface area contributed by atoms with Crippen LogP contribution in [0.2, 0.25) is 0 Å². The lowest BCUT2D eigenvalue weighted by atomic mass is 10.3. The summed E-state index contributed by atoms with van der Waals surface area (Å²) in [7, 11) is 3.81. The van der Waals surface area contributed by atoms with E-state index < -0.39 is 0 Å². The summed E-state index contributed by atoms with van der Waals surface area (Å²) in [4.78, 5) is 16.2. The van der Waals surface area contributed by atoms with Crippen molar-refractivity contribution < 1.29 is 0 Å². The Morgan fingerprint density at radius 2 is 1.71 bits per heavy atom. The summed E-state index contributed by atoms with van der Waals surface area (Å²) >= 11 is 1.71. The monoisotopic (exact) mass is 304 g/mol. The summed E-state index contributed by atoms with van der Waals surface area (Å²) in [5.74, 6) is 1.71. The number of nitrogens with zero attached hydrogens (tertiary/aromatic N) is 4. The average Bonchev–Trinajstić information content (AvgIpc) is 2.48. The maximum absolute atomic E-state index is 4.40. The van der Waals surface area contributed by atoms with Crippen molar-refractivity contribution >= 4 is 35.3 Å². The number of rotatable bonds is 6.